The second-order valence-electron chi connectivity index (χ2n) is 5.17. The normalized spacial score (nSPS) is 12.8. The Hall–Kier alpha value is -1.49. The van der Waals surface area contributed by atoms with E-state index in [0.717, 1.165) is 17.8 Å². The van der Waals surface area contributed by atoms with Gasteiger partial charge in [0.25, 0.3) is 0 Å². The third kappa shape index (κ3) is 5.50. The summed E-state index contributed by atoms with van der Waals surface area (Å²) in [5.74, 6) is -0.827. The second kappa shape index (κ2) is 8.75. The molecule has 10 heteroatoms. The quantitative estimate of drug-likeness (QED) is 0.707. The summed E-state index contributed by atoms with van der Waals surface area (Å²) in [6.45, 7) is 1.79. The number of thioether (sulfide) groups is 1. The van der Waals surface area contributed by atoms with Crippen LogP contribution in [0.3, 0.4) is 0 Å². The number of sulfonamides is 1. The summed E-state index contributed by atoms with van der Waals surface area (Å²) in [5, 5.41) is 4.76. The van der Waals surface area contributed by atoms with E-state index in [0.29, 0.717) is 10.9 Å². The van der Waals surface area contributed by atoms with Gasteiger partial charge in [0.2, 0.25) is 15.9 Å². The summed E-state index contributed by atoms with van der Waals surface area (Å²) in [6.07, 6.45) is 2.12. The van der Waals surface area contributed by atoms with Gasteiger partial charge in [0.1, 0.15) is 16.8 Å². The summed E-state index contributed by atoms with van der Waals surface area (Å²) < 4.78 is 41.0. The SMILES string of the molecule is CSCC[C@@H](NS(=O)(=O)c1ccccc1F)C(=O)Nc1nc(C)cs1. The number of carbonyl (C=O) groups excluding carboxylic acids is 1. The van der Waals surface area contributed by atoms with Gasteiger partial charge >= 0.3 is 0 Å². The highest BCUT2D eigenvalue weighted by Crippen LogP contribution is 2.17. The van der Waals surface area contributed by atoms with Crippen LogP contribution in [0.15, 0.2) is 34.5 Å². The number of anilines is 1. The van der Waals surface area contributed by atoms with Crippen molar-refractivity contribution in [3.8, 4) is 0 Å². The summed E-state index contributed by atoms with van der Waals surface area (Å²) in [6, 6.07) is 4.01. The molecule has 2 N–H and O–H groups in total. The number of hydrogen-bond donors (Lipinski definition) is 2. The van der Waals surface area contributed by atoms with Crippen molar-refractivity contribution in [3.05, 3.63) is 41.2 Å². The van der Waals surface area contributed by atoms with Gasteiger partial charge in [0, 0.05) is 5.38 Å². The van der Waals surface area contributed by atoms with Gasteiger partial charge in [-0.25, -0.2) is 17.8 Å². The highest BCUT2D eigenvalue weighted by Gasteiger charge is 2.27. The molecule has 1 aromatic carbocycles. The zero-order valence-electron chi connectivity index (χ0n) is 13.7. The molecule has 0 unspecified atom stereocenters. The van der Waals surface area contributed by atoms with Gasteiger partial charge in [-0.1, -0.05) is 12.1 Å². The van der Waals surface area contributed by atoms with Crippen LogP contribution in [0.25, 0.3) is 0 Å². The second-order valence-corrected chi connectivity index (χ2v) is 8.70. The van der Waals surface area contributed by atoms with E-state index in [4.69, 9.17) is 0 Å². The Morgan fingerprint density at radius 2 is 2.12 bits per heavy atom. The van der Waals surface area contributed by atoms with Crippen molar-refractivity contribution in [2.24, 2.45) is 0 Å². The van der Waals surface area contributed by atoms with Crippen molar-refractivity contribution in [1.29, 1.82) is 0 Å². The number of benzene rings is 1. The van der Waals surface area contributed by atoms with Gasteiger partial charge in [-0.15, -0.1) is 11.3 Å². The third-order valence-corrected chi connectivity index (χ3v) is 6.22. The lowest BCUT2D eigenvalue weighted by Crippen LogP contribution is -2.44. The topological polar surface area (TPSA) is 88.2 Å². The summed E-state index contributed by atoms with van der Waals surface area (Å²) in [7, 11) is -4.16. The molecule has 1 heterocycles. The predicted octanol–water partition coefficient (Wildman–Crippen LogP) is 2.63. The number of aromatic nitrogens is 1. The molecule has 0 aliphatic heterocycles. The molecule has 0 radical (unpaired) electrons. The van der Waals surface area contributed by atoms with Crippen molar-refractivity contribution < 1.29 is 17.6 Å². The highest BCUT2D eigenvalue weighted by atomic mass is 32.2. The van der Waals surface area contributed by atoms with Crippen LogP contribution in [-0.4, -0.2) is 37.4 Å². The van der Waals surface area contributed by atoms with E-state index >= 15 is 0 Å². The van der Waals surface area contributed by atoms with Crippen LogP contribution in [0.2, 0.25) is 0 Å². The Morgan fingerprint density at radius 3 is 2.72 bits per heavy atom. The molecule has 6 nitrogen and oxygen atoms in total. The number of amides is 1. The molecular formula is C15H18FN3O3S3. The Morgan fingerprint density at radius 1 is 1.40 bits per heavy atom. The van der Waals surface area contributed by atoms with Crippen molar-refractivity contribution in [2.75, 3.05) is 17.3 Å². The zero-order chi connectivity index (χ0) is 18.4. The van der Waals surface area contributed by atoms with Crippen molar-refractivity contribution in [1.82, 2.24) is 9.71 Å². The maximum Gasteiger partial charge on any atom is 0.244 e. The standard InChI is InChI=1S/C15H18FN3O3S3/c1-10-9-24-15(17-10)18-14(20)12(7-8-23-2)19-25(21,22)13-6-4-3-5-11(13)16/h3-6,9,12,19H,7-8H2,1-2H3,(H,17,18,20)/t12-/m1/s1. The maximum atomic E-state index is 13.8. The molecule has 2 rings (SSSR count). The molecule has 0 saturated carbocycles. The van der Waals surface area contributed by atoms with Crippen molar-refractivity contribution in [3.63, 3.8) is 0 Å². The molecule has 1 atom stereocenters. The number of aryl methyl sites for hydroxylation is 1. The van der Waals surface area contributed by atoms with Crippen molar-refractivity contribution >= 4 is 44.2 Å². The number of nitrogens with zero attached hydrogens (tertiary/aromatic N) is 1. The van der Waals surface area contributed by atoms with Gasteiger partial charge in [-0.3, -0.25) is 4.79 Å². The summed E-state index contributed by atoms with van der Waals surface area (Å²) in [4.78, 5) is 16.1. The van der Waals surface area contributed by atoms with Crippen LogP contribution in [0.1, 0.15) is 12.1 Å². The number of nitrogens with one attached hydrogen (secondary N) is 2. The van der Waals surface area contributed by atoms with E-state index in [1.807, 2.05) is 6.26 Å². The lowest BCUT2D eigenvalue weighted by atomic mass is 10.2. The van der Waals surface area contributed by atoms with Crippen LogP contribution in [0, 0.1) is 12.7 Å². The van der Waals surface area contributed by atoms with Gasteiger partial charge < -0.3 is 5.32 Å². The Labute approximate surface area is 154 Å². The Balaban J connectivity index is 2.19. The molecule has 2 aromatic rings. The van der Waals surface area contributed by atoms with Crippen LogP contribution >= 0.6 is 23.1 Å². The summed E-state index contributed by atoms with van der Waals surface area (Å²) >= 11 is 2.73. The Bertz CT molecular complexity index is 839. The van der Waals surface area contributed by atoms with E-state index in [9.17, 15) is 17.6 Å². The van der Waals surface area contributed by atoms with Crippen LogP contribution in [0.5, 0.6) is 0 Å². The van der Waals surface area contributed by atoms with E-state index in [2.05, 4.69) is 15.0 Å². The molecule has 0 aliphatic rings. The lowest BCUT2D eigenvalue weighted by molar-refractivity contribution is -0.117. The number of rotatable bonds is 8. The molecule has 136 valence electrons. The summed E-state index contributed by atoms with van der Waals surface area (Å²) in [5.41, 5.74) is 0.757. The zero-order valence-corrected chi connectivity index (χ0v) is 16.1. The third-order valence-electron chi connectivity index (χ3n) is 3.20. The number of thiazole rings is 1. The van der Waals surface area contributed by atoms with Gasteiger partial charge in [-0.05, 0) is 37.5 Å². The van der Waals surface area contributed by atoms with Gasteiger partial charge in [0.15, 0.2) is 5.13 Å². The molecule has 0 fully saturated rings. The van der Waals surface area contributed by atoms with Gasteiger partial charge in [-0.2, -0.15) is 16.5 Å². The number of halogens is 1. The van der Waals surface area contributed by atoms with Crippen molar-refractivity contribution in [2.45, 2.75) is 24.3 Å². The first-order chi connectivity index (χ1) is 11.8. The molecule has 1 aromatic heterocycles. The van der Waals surface area contributed by atoms with Gasteiger partial charge in [0.05, 0.1) is 5.69 Å². The van der Waals surface area contributed by atoms with E-state index in [-0.39, 0.29) is 6.42 Å². The van der Waals surface area contributed by atoms with Crippen LogP contribution in [0.4, 0.5) is 9.52 Å². The molecular weight excluding hydrogens is 385 g/mol. The van der Waals surface area contributed by atoms with E-state index in [1.54, 1.807) is 12.3 Å². The minimum Gasteiger partial charge on any atom is -0.301 e. The molecule has 0 bridgehead atoms. The molecule has 0 aliphatic carbocycles. The van der Waals surface area contributed by atoms with E-state index < -0.39 is 32.7 Å². The first-order valence-corrected chi connectivity index (χ1v) is 11.1. The van der Waals surface area contributed by atoms with Crippen LogP contribution < -0.4 is 10.0 Å². The average Bonchev–Trinajstić information content (AvgIpc) is 2.96. The predicted molar refractivity (Wildman–Crippen MR) is 99.0 cm³/mol. The first kappa shape index (κ1) is 19.8. The monoisotopic (exact) mass is 403 g/mol. The maximum absolute atomic E-state index is 13.8. The fraction of sp³-hybridized carbons (Fsp3) is 0.333. The van der Waals surface area contributed by atoms with Crippen LogP contribution in [-0.2, 0) is 14.8 Å². The minimum atomic E-state index is -4.16. The first-order valence-electron chi connectivity index (χ1n) is 7.32. The molecule has 0 saturated heterocycles. The fourth-order valence-corrected chi connectivity index (χ4v) is 4.47. The molecule has 1 amide bonds. The fourth-order valence-electron chi connectivity index (χ4n) is 2.00. The smallest absolute Gasteiger partial charge is 0.244 e. The molecule has 25 heavy (non-hydrogen) atoms. The molecule has 0 spiro atoms. The largest absolute Gasteiger partial charge is 0.301 e. The highest BCUT2D eigenvalue weighted by molar-refractivity contribution is 7.98. The Kier molecular flexibility index (Phi) is 6.94. The van der Waals surface area contributed by atoms with E-state index in [1.165, 1.54) is 35.2 Å². The number of hydrogen-bond acceptors (Lipinski definition) is 6. The minimum absolute atomic E-state index is 0.269. The average molecular weight is 404 g/mol. The lowest BCUT2D eigenvalue weighted by Gasteiger charge is -2.17. The number of carbonyl (C=O) groups is 1.